The first kappa shape index (κ1) is 26.2. The van der Waals surface area contributed by atoms with E-state index < -0.39 is 6.16 Å². The van der Waals surface area contributed by atoms with E-state index in [1.807, 2.05) is 48.5 Å². The Labute approximate surface area is 212 Å². The molecule has 34 heavy (non-hydrogen) atoms. The zero-order valence-electron chi connectivity index (χ0n) is 17.8. The molecule has 0 saturated carbocycles. The lowest BCUT2D eigenvalue weighted by atomic mass is 10.3. The molecule has 1 aromatic carbocycles. The van der Waals surface area contributed by atoms with Gasteiger partial charge in [0.05, 0.1) is 6.61 Å². The highest BCUT2D eigenvalue weighted by Gasteiger charge is 2.10. The molecule has 0 amide bonds. The Bertz CT molecular complexity index is 1120. The fraction of sp³-hybridized carbons (Fsp3) is 0.190. The van der Waals surface area contributed by atoms with Crippen LogP contribution < -0.4 is 4.84 Å². The molecular formula is C21H21N5O4S4. The number of aliphatic hydroxyl groups is 1. The van der Waals surface area contributed by atoms with Crippen LogP contribution in [-0.4, -0.2) is 61.1 Å². The number of pyridine rings is 2. The summed E-state index contributed by atoms with van der Waals surface area (Å²) in [6.45, 7) is 0.459. The smallest absolute Gasteiger partial charge is 0.432 e. The van der Waals surface area contributed by atoms with Gasteiger partial charge in [-0.05, 0) is 63.2 Å². The Morgan fingerprint density at radius 2 is 1.53 bits per heavy atom. The molecule has 13 heteroatoms. The highest BCUT2D eigenvalue weighted by Crippen LogP contribution is 2.29. The monoisotopic (exact) mass is 535 g/mol. The highest BCUT2D eigenvalue weighted by molar-refractivity contribution is 8.77. The zero-order chi connectivity index (χ0) is 23.8. The first-order valence-electron chi connectivity index (χ1n) is 9.93. The summed E-state index contributed by atoms with van der Waals surface area (Å²) >= 11 is 0. The normalized spacial score (nSPS) is 10.4. The average Bonchev–Trinajstić information content (AvgIpc) is 3.28. The molecule has 178 valence electrons. The number of aliphatic hydroxyl groups excluding tert-OH is 1. The molecule has 4 aromatic rings. The van der Waals surface area contributed by atoms with Gasteiger partial charge in [-0.15, -0.1) is 5.10 Å². The van der Waals surface area contributed by atoms with E-state index in [-0.39, 0.29) is 13.2 Å². The van der Waals surface area contributed by atoms with Crippen LogP contribution in [0.1, 0.15) is 0 Å². The van der Waals surface area contributed by atoms with Crippen molar-refractivity contribution in [2.75, 3.05) is 24.7 Å². The Kier molecular flexibility index (Phi) is 11.9. The van der Waals surface area contributed by atoms with Crippen molar-refractivity contribution in [3.05, 3.63) is 73.1 Å². The number of ether oxygens (including phenoxy) is 1. The van der Waals surface area contributed by atoms with E-state index in [0.29, 0.717) is 16.8 Å². The minimum absolute atomic E-state index is 0.227. The number of carbonyl (C=O) groups is 1. The van der Waals surface area contributed by atoms with Crippen molar-refractivity contribution < 1.29 is 19.5 Å². The van der Waals surface area contributed by atoms with Gasteiger partial charge >= 0.3 is 6.16 Å². The van der Waals surface area contributed by atoms with Crippen molar-refractivity contribution in [3.8, 4) is 0 Å². The van der Waals surface area contributed by atoms with Crippen molar-refractivity contribution in [2.24, 2.45) is 0 Å². The van der Waals surface area contributed by atoms with Gasteiger partial charge in [-0.25, -0.2) is 14.8 Å². The molecule has 0 radical (unpaired) electrons. The van der Waals surface area contributed by atoms with Crippen LogP contribution in [0.25, 0.3) is 11.0 Å². The molecule has 0 fully saturated rings. The van der Waals surface area contributed by atoms with Crippen LogP contribution in [0, 0.1) is 0 Å². The standard InChI is InChI=1S/C14H12N4O3S2.C7H9NOS2/c19-14(20-9-10-22-23-13-7-3-4-8-15-13)21-18-12-6-2-1-5-11(12)16-17-18;9-5-6-10-11-7-3-1-2-4-8-7/h1-8H,9-10H2;1-4,9H,5-6H2. The minimum atomic E-state index is -0.816. The molecule has 0 aliphatic heterocycles. The van der Waals surface area contributed by atoms with Gasteiger partial charge in [0, 0.05) is 23.9 Å². The fourth-order valence-corrected chi connectivity index (χ4v) is 5.56. The second-order valence-electron chi connectivity index (χ2n) is 6.01. The Morgan fingerprint density at radius 1 is 0.882 bits per heavy atom. The maximum Gasteiger partial charge on any atom is 0.535 e. The van der Waals surface area contributed by atoms with E-state index in [1.165, 1.54) is 10.8 Å². The van der Waals surface area contributed by atoms with Crippen molar-refractivity contribution in [1.29, 1.82) is 0 Å². The minimum Gasteiger partial charge on any atom is -0.432 e. The van der Waals surface area contributed by atoms with Gasteiger partial charge in [-0.1, -0.05) is 50.7 Å². The second kappa shape index (κ2) is 15.5. The summed E-state index contributed by atoms with van der Waals surface area (Å²) in [5, 5.41) is 18.0. The number of carbonyl (C=O) groups excluding carboxylic acids is 1. The number of benzene rings is 1. The number of hydrogen-bond donors (Lipinski definition) is 1. The van der Waals surface area contributed by atoms with E-state index in [9.17, 15) is 4.79 Å². The van der Waals surface area contributed by atoms with Gasteiger partial charge in [-0.3, -0.25) is 4.84 Å². The van der Waals surface area contributed by atoms with Gasteiger partial charge in [0.1, 0.15) is 27.7 Å². The summed E-state index contributed by atoms with van der Waals surface area (Å²) in [4.78, 5) is 26.0. The number of hydrogen-bond acceptors (Lipinski definition) is 12. The third kappa shape index (κ3) is 9.43. The molecule has 0 aliphatic carbocycles. The quantitative estimate of drug-likeness (QED) is 0.132. The first-order chi connectivity index (χ1) is 16.8. The highest BCUT2D eigenvalue weighted by atomic mass is 33.1. The summed E-state index contributed by atoms with van der Waals surface area (Å²) in [5.41, 5.74) is 1.24. The maximum atomic E-state index is 11.6. The molecule has 0 aliphatic rings. The molecule has 9 nitrogen and oxygen atoms in total. The lowest BCUT2D eigenvalue weighted by molar-refractivity contribution is 0.0434. The SMILES string of the molecule is O=C(OCCSSc1ccccn1)On1nnc2ccccc21.OCCSSc1ccccn1. The summed E-state index contributed by atoms with van der Waals surface area (Å²) in [6.07, 6.45) is 2.69. The van der Waals surface area contributed by atoms with E-state index in [4.69, 9.17) is 14.7 Å². The van der Waals surface area contributed by atoms with Gasteiger partial charge in [0.2, 0.25) is 0 Å². The van der Waals surface area contributed by atoms with Crippen LogP contribution in [0.2, 0.25) is 0 Å². The lowest BCUT2D eigenvalue weighted by Gasteiger charge is -2.04. The Hall–Kier alpha value is -2.45. The first-order valence-corrected chi connectivity index (χ1v) is 14.6. The Balaban J connectivity index is 0.000000248. The van der Waals surface area contributed by atoms with Crippen LogP contribution in [0.3, 0.4) is 0 Å². The molecule has 0 atom stereocenters. The molecule has 1 N–H and O–H groups in total. The second-order valence-corrected chi connectivity index (χ2v) is 10.9. The van der Waals surface area contributed by atoms with Crippen LogP contribution in [-0.2, 0) is 4.74 Å². The molecule has 0 bridgehead atoms. The van der Waals surface area contributed by atoms with Crippen LogP contribution in [0.5, 0.6) is 0 Å². The van der Waals surface area contributed by atoms with E-state index in [0.717, 1.165) is 20.6 Å². The number of para-hydroxylation sites is 1. The molecule has 4 rings (SSSR count). The molecule has 0 unspecified atom stereocenters. The third-order valence-electron chi connectivity index (χ3n) is 3.61. The van der Waals surface area contributed by atoms with Crippen LogP contribution in [0.4, 0.5) is 4.79 Å². The zero-order valence-corrected chi connectivity index (χ0v) is 21.1. The number of fused-ring (bicyclic) bond motifs is 1. The van der Waals surface area contributed by atoms with E-state index in [2.05, 4.69) is 20.3 Å². The van der Waals surface area contributed by atoms with Gasteiger partial charge in [0.15, 0.2) is 0 Å². The van der Waals surface area contributed by atoms with Crippen molar-refractivity contribution in [2.45, 2.75) is 10.1 Å². The maximum absolute atomic E-state index is 11.6. The van der Waals surface area contributed by atoms with Crippen molar-refractivity contribution >= 4 is 60.4 Å². The third-order valence-corrected chi connectivity index (χ3v) is 8.08. The van der Waals surface area contributed by atoms with E-state index >= 15 is 0 Å². The number of rotatable bonds is 10. The summed E-state index contributed by atoms with van der Waals surface area (Å²) in [7, 11) is 6.27. The van der Waals surface area contributed by atoms with Gasteiger partial charge in [0.25, 0.3) is 0 Å². The van der Waals surface area contributed by atoms with Crippen molar-refractivity contribution in [1.82, 2.24) is 25.1 Å². The lowest BCUT2D eigenvalue weighted by Crippen LogP contribution is -2.22. The fourth-order valence-electron chi connectivity index (χ4n) is 2.20. The summed E-state index contributed by atoms with van der Waals surface area (Å²) in [6, 6.07) is 18.7. The number of aromatic nitrogens is 5. The largest absolute Gasteiger partial charge is 0.535 e. The Morgan fingerprint density at radius 3 is 2.18 bits per heavy atom. The topological polar surface area (TPSA) is 112 Å². The van der Waals surface area contributed by atoms with Crippen molar-refractivity contribution in [3.63, 3.8) is 0 Å². The van der Waals surface area contributed by atoms with Gasteiger partial charge < -0.3 is 9.84 Å². The predicted octanol–water partition coefficient (Wildman–Crippen LogP) is 4.65. The molecule has 3 heterocycles. The van der Waals surface area contributed by atoms with Gasteiger partial charge in [-0.2, -0.15) is 0 Å². The predicted molar refractivity (Wildman–Crippen MR) is 138 cm³/mol. The van der Waals surface area contributed by atoms with Crippen LogP contribution >= 0.6 is 43.2 Å². The van der Waals surface area contributed by atoms with E-state index in [1.54, 1.807) is 56.9 Å². The molecule has 3 aromatic heterocycles. The molecular weight excluding hydrogens is 515 g/mol. The van der Waals surface area contributed by atoms with Crippen LogP contribution in [0.15, 0.2) is 83.1 Å². The summed E-state index contributed by atoms with van der Waals surface area (Å²) < 4.78 is 5.00. The molecule has 0 saturated heterocycles. The average molecular weight is 536 g/mol. The summed E-state index contributed by atoms with van der Waals surface area (Å²) in [5.74, 6) is 1.37. The number of nitrogens with zero attached hydrogens (tertiary/aromatic N) is 5. The molecule has 0 spiro atoms.